The molecule has 5 N–H and O–H groups in total. The van der Waals surface area contributed by atoms with Crippen molar-refractivity contribution in [2.24, 2.45) is 27.7 Å². The molecule has 6 rings (SSSR count). The maximum absolute atomic E-state index is 14.3. The van der Waals surface area contributed by atoms with Crippen LogP contribution in [0.5, 0.6) is 0 Å². The average molecular weight is 1130 g/mol. The zero-order chi connectivity index (χ0) is 35.0. The standard InChI is InChI=1S/C37H46NO9P.2Ac/c1-19-23(47-33(43)29(41)27(21-12-8-6-9-13-21)38-32(48)22-14-10-7-11-15-22)17-37(45)20(2)30-35(5,24(39)16-25-36(30,44)18-46-25)31(42)28(40)26(19)34(37,3)4;;/h6-15,20,23-25,27-30,39-41,44-45H,16-18,48H2,1-5H3;;/t20-,23?,24?,25?,27?,28?,29?,30?,35+,36-,37?;;/m0../s1. The van der Waals surface area contributed by atoms with Gasteiger partial charge >= 0.3 is 5.97 Å². The molecule has 1 aliphatic heterocycles. The van der Waals surface area contributed by atoms with Crippen molar-refractivity contribution >= 4 is 26.4 Å². The Labute approximate surface area is 367 Å². The van der Waals surface area contributed by atoms with E-state index in [9.17, 15) is 35.1 Å². The van der Waals surface area contributed by atoms with E-state index >= 15 is 0 Å². The van der Waals surface area contributed by atoms with Gasteiger partial charge in [0.15, 0.2) is 11.9 Å². The fraction of sp³-hybridized carbons (Fsp3) is 0.541. The summed E-state index contributed by atoms with van der Waals surface area (Å²) in [6.07, 6.45) is -6.73. The maximum Gasteiger partial charge on any atom is 0.338 e. The number of esters is 1. The van der Waals surface area contributed by atoms with Gasteiger partial charge in [0.1, 0.15) is 23.9 Å². The van der Waals surface area contributed by atoms with E-state index in [-0.39, 0.29) is 113 Å². The molecule has 3 aliphatic carbocycles. The van der Waals surface area contributed by atoms with Gasteiger partial charge in [-0.25, -0.2) is 4.79 Å². The van der Waals surface area contributed by atoms with E-state index in [1.807, 2.05) is 36.4 Å². The number of Topliss-reactive ketones (excluding diaryl/α,β-unsaturated/α-hetero) is 1. The first-order valence-corrected chi connectivity index (χ1v) is 17.1. The minimum Gasteiger partial charge on any atom is -0.456 e. The molecule has 3 fully saturated rings. The second kappa shape index (κ2) is 15.7. The number of aliphatic imine (C=N–C) groups is 1. The summed E-state index contributed by atoms with van der Waals surface area (Å²) in [5, 5.41) is 59.4. The molecule has 2 radical (unpaired) electrons. The molecule has 0 amide bonds. The van der Waals surface area contributed by atoms with Crippen LogP contribution in [0.2, 0.25) is 0 Å². The quantitative estimate of drug-likeness (QED) is 0.127. The van der Waals surface area contributed by atoms with Gasteiger partial charge in [0.2, 0.25) is 0 Å². The molecule has 9 unspecified atom stereocenters. The number of carbonyl (C=O) groups is 2. The monoisotopic (exact) mass is 1130 g/mol. The van der Waals surface area contributed by atoms with Crippen LogP contribution in [-0.2, 0) is 19.1 Å². The Bertz CT molecular complexity index is 1660. The fourth-order valence-electron chi connectivity index (χ4n) is 9.26. The summed E-state index contributed by atoms with van der Waals surface area (Å²) in [7, 11) is 2.55. The molecule has 2 aromatic carbocycles. The third-order valence-electron chi connectivity index (χ3n) is 12.1. The van der Waals surface area contributed by atoms with Crippen LogP contribution in [-0.4, -0.2) is 91.1 Å². The first-order valence-electron chi connectivity index (χ1n) is 16.5. The van der Waals surface area contributed by atoms with Gasteiger partial charge in [-0.05, 0) is 42.0 Å². The topological polar surface area (TPSA) is 166 Å². The number of carbonyl (C=O) groups excluding carboxylic acids is 2. The maximum atomic E-state index is 14.3. The van der Waals surface area contributed by atoms with Gasteiger partial charge in [0.25, 0.3) is 0 Å². The van der Waals surface area contributed by atoms with Crippen molar-refractivity contribution in [1.82, 2.24) is 0 Å². The number of benzene rings is 2. The molecular formula is C37H46Ac2NO9P. The van der Waals surface area contributed by atoms with E-state index in [0.717, 1.165) is 5.56 Å². The largest absolute Gasteiger partial charge is 0.456 e. The van der Waals surface area contributed by atoms with Crippen LogP contribution < -0.4 is 0 Å². The van der Waals surface area contributed by atoms with Crippen molar-refractivity contribution in [3.63, 3.8) is 0 Å². The van der Waals surface area contributed by atoms with E-state index in [2.05, 4.69) is 9.24 Å². The van der Waals surface area contributed by atoms with Crippen molar-refractivity contribution in [2.75, 3.05) is 6.61 Å². The molecular weight excluding hydrogens is 1090 g/mol. The summed E-state index contributed by atoms with van der Waals surface area (Å²) in [6.45, 7) is 8.32. The van der Waals surface area contributed by atoms with E-state index < -0.39 is 82.2 Å². The van der Waals surface area contributed by atoms with E-state index in [4.69, 9.17) is 14.5 Å². The molecule has 13 heteroatoms. The minimum atomic E-state index is -1.76. The van der Waals surface area contributed by atoms with Gasteiger partial charge in [-0.15, -0.1) is 0 Å². The molecule has 0 spiro atoms. The zero-order valence-electron chi connectivity index (χ0n) is 29.1. The van der Waals surface area contributed by atoms with Crippen LogP contribution in [0, 0.1) is 111 Å². The van der Waals surface area contributed by atoms with Crippen LogP contribution in [0.4, 0.5) is 0 Å². The van der Waals surface area contributed by atoms with Gasteiger partial charge in [0, 0.05) is 112 Å². The van der Waals surface area contributed by atoms with Crippen LogP contribution in [0.25, 0.3) is 0 Å². The van der Waals surface area contributed by atoms with Crippen LogP contribution in [0.1, 0.15) is 64.6 Å². The molecule has 2 bridgehead atoms. The summed E-state index contributed by atoms with van der Waals surface area (Å²) >= 11 is 0. The average Bonchev–Trinajstić information content (AvgIpc) is 3.06. The van der Waals surface area contributed by atoms with Crippen LogP contribution in [0.15, 0.2) is 76.8 Å². The smallest absolute Gasteiger partial charge is 0.338 e. The van der Waals surface area contributed by atoms with Gasteiger partial charge in [-0.2, -0.15) is 0 Å². The molecule has 2 aromatic rings. The molecule has 264 valence electrons. The van der Waals surface area contributed by atoms with E-state index in [0.29, 0.717) is 16.6 Å². The second-order valence-electron chi connectivity index (χ2n) is 14.8. The third-order valence-corrected chi connectivity index (χ3v) is 12.6. The fourth-order valence-corrected chi connectivity index (χ4v) is 9.62. The first kappa shape index (κ1) is 42.8. The van der Waals surface area contributed by atoms with Crippen molar-refractivity contribution in [2.45, 2.75) is 95.2 Å². The summed E-state index contributed by atoms with van der Waals surface area (Å²) in [5.74, 6) is -3.48. The Morgan fingerprint density at radius 1 is 1.02 bits per heavy atom. The Hall–Kier alpha value is 0.0631. The normalized spacial score (nSPS) is 37.3. The summed E-state index contributed by atoms with van der Waals surface area (Å²) in [5.41, 5.74) is -3.62. The summed E-state index contributed by atoms with van der Waals surface area (Å²) in [6, 6.07) is 17.2. The Balaban J connectivity index is 0.00000281. The predicted molar refractivity (Wildman–Crippen MR) is 181 cm³/mol. The molecule has 1 saturated heterocycles. The number of fused-ring (bicyclic) bond motifs is 5. The Kier molecular flexibility index (Phi) is 13.4. The molecule has 50 heavy (non-hydrogen) atoms. The SMILES string of the molecule is CC1=C2C(O)C(=O)[C@]3(C)C(O)CC4OC[C@@]4(O)C3[C@H](C)C(O)(CC1OC(=O)C(O)C(N=C(P)c1ccccc1)c1ccccc1)C2(C)C.[Ac].[Ac]. The molecule has 10 nitrogen and oxygen atoms in total. The zero-order valence-corrected chi connectivity index (χ0v) is 39.7. The Morgan fingerprint density at radius 2 is 1.60 bits per heavy atom. The van der Waals surface area contributed by atoms with Crippen LogP contribution in [0.3, 0.4) is 0 Å². The van der Waals surface area contributed by atoms with Gasteiger partial charge < -0.3 is 35.0 Å². The molecule has 0 aromatic heterocycles. The number of hydrogen-bond acceptors (Lipinski definition) is 10. The number of aliphatic hydroxyl groups excluding tert-OH is 3. The van der Waals surface area contributed by atoms with Crippen molar-refractivity contribution in [1.29, 1.82) is 0 Å². The van der Waals surface area contributed by atoms with Gasteiger partial charge in [-0.1, -0.05) is 90.7 Å². The van der Waals surface area contributed by atoms with Gasteiger partial charge in [-0.3, -0.25) is 9.79 Å². The van der Waals surface area contributed by atoms with Crippen molar-refractivity contribution in [3.8, 4) is 0 Å². The number of ketones is 1. The predicted octanol–water partition coefficient (Wildman–Crippen LogP) is 2.90. The number of nitrogens with zero attached hydrogens (tertiary/aromatic N) is 1. The second-order valence-corrected chi connectivity index (χ2v) is 15.4. The first-order chi connectivity index (χ1) is 22.5. The third kappa shape index (κ3) is 6.70. The van der Waals surface area contributed by atoms with Crippen LogP contribution >= 0.6 is 9.24 Å². The number of aliphatic hydroxyl groups is 5. The minimum absolute atomic E-state index is 0. The van der Waals surface area contributed by atoms with Crippen molar-refractivity contribution in [3.05, 3.63) is 82.9 Å². The molecule has 2 saturated carbocycles. The molecule has 12 atom stereocenters. The Morgan fingerprint density at radius 3 is 2.16 bits per heavy atom. The number of ether oxygens (including phenoxy) is 2. The number of hydrogen-bond donors (Lipinski definition) is 5. The van der Waals surface area contributed by atoms with Crippen molar-refractivity contribution < 1.29 is 133 Å². The molecule has 1 heterocycles. The summed E-state index contributed by atoms with van der Waals surface area (Å²) in [4.78, 5) is 32.9. The summed E-state index contributed by atoms with van der Waals surface area (Å²) < 4.78 is 11.6. The van der Waals surface area contributed by atoms with E-state index in [1.165, 1.54) is 0 Å². The molecule has 4 aliphatic rings. The number of rotatable bonds is 6. The van der Waals surface area contributed by atoms with Gasteiger partial charge in [0.05, 0.1) is 35.3 Å². The van der Waals surface area contributed by atoms with E-state index in [1.54, 1.807) is 58.9 Å².